The maximum atomic E-state index is 11.1. The molecule has 0 aliphatic heterocycles. The fourth-order valence-corrected chi connectivity index (χ4v) is 1.52. The maximum Gasteiger partial charge on any atom is 0.330 e. The van der Waals surface area contributed by atoms with Gasteiger partial charge in [-0.1, -0.05) is 24.3 Å². The van der Waals surface area contributed by atoms with Crippen molar-refractivity contribution in [3.8, 4) is 0 Å². The third-order valence-electron chi connectivity index (χ3n) is 2.57. The number of hydrogen-bond donors (Lipinski definition) is 0. The first-order valence-corrected chi connectivity index (χ1v) is 6.84. The number of hydrogen-bond acceptors (Lipinski definition) is 4. The summed E-state index contributed by atoms with van der Waals surface area (Å²) in [6.45, 7) is 7.66. The monoisotopic (exact) mass is 280 g/mol. The first-order valence-electron chi connectivity index (χ1n) is 6.84. The Labute approximate surface area is 121 Å². The summed E-state index contributed by atoms with van der Waals surface area (Å²) in [5, 5.41) is 0. The lowest BCUT2D eigenvalue weighted by Crippen LogP contribution is -2.00. The molecule has 20 heavy (non-hydrogen) atoms. The Hall–Kier alpha value is -1.84. The standard InChI is InChI=1S/C16H24O4/c1-4-15(11-9-12-16(18)19-5-2)10-7-6-8-13-20-14(3)17/h4,6,8-9,12,15H,1,5,7,10-11,13H2,2-3H3/b8-6+,12-9+. The van der Waals surface area contributed by atoms with E-state index in [0.29, 0.717) is 19.1 Å². The zero-order chi connectivity index (χ0) is 15.2. The summed E-state index contributed by atoms with van der Waals surface area (Å²) in [7, 11) is 0. The first kappa shape index (κ1) is 18.2. The van der Waals surface area contributed by atoms with Crippen molar-refractivity contribution >= 4 is 11.9 Å². The molecular formula is C16H24O4. The van der Waals surface area contributed by atoms with Crippen LogP contribution in [-0.2, 0) is 19.1 Å². The minimum atomic E-state index is -0.309. The van der Waals surface area contributed by atoms with E-state index in [-0.39, 0.29) is 11.9 Å². The normalized spacial score (nSPS) is 12.5. The molecule has 0 fully saturated rings. The van der Waals surface area contributed by atoms with Crippen molar-refractivity contribution < 1.29 is 19.1 Å². The number of ether oxygens (including phenoxy) is 2. The third kappa shape index (κ3) is 11.3. The summed E-state index contributed by atoms with van der Waals surface area (Å²) in [6.07, 6.45) is 11.5. The summed E-state index contributed by atoms with van der Waals surface area (Å²) in [5.74, 6) is -0.265. The summed E-state index contributed by atoms with van der Waals surface area (Å²) in [5.41, 5.74) is 0. The van der Waals surface area contributed by atoms with Crippen LogP contribution in [0.15, 0.2) is 37.0 Å². The minimum absolute atomic E-state index is 0.275. The van der Waals surface area contributed by atoms with Gasteiger partial charge in [-0.25, -0.2) is 4.79 Å². The summed E-state index contributed by atoms with van der Waals surface area (Å²) in [4.78, 5) is 21.6. The summed E-state index contributed by atoms with van der Waals surface area (Å²) in [6, 6.07) is 0. The van der Waals surface area contributed by atoms with Crippen molar-refractivity contribution in [2.45, 2.75) is 33.1 Å². The molecule has 0 aliphatic rings. The molecule has 0 bridgehead atoms. The van der Waals surface area contributed by atoms with Gasteiger partial charge in [0.05, 0.1) is 6.61 Å². The topological polar surface area (TPSA) is 52.6 Å². The first-order chi connectivity index (χ1) is 9.60. The van der Waals surface area contributed by atoms with Gasteiger partial charge in [0, 0.05) is 13.0 Å². The van der Waals surface area contributed by atoms with E-state index in [0.717, 1.165) is 19.3 Å². The van der Waals surface area contributed by atoms with Gasteiger partial charge in [0.25, 0.3) is 0 Å². The van der Waals surface area contributed by atoms with Crippen molar-refractivity contribution in [3.05, 3.63) is 37.0 Å². The van der Waals surface area contributed by atoms with Crippen molar-refractivity contribution in [1.82, 2.24) is 0 Å². The van der Waals surface area contributed by atoms with Gasteiger partial charge in [-0.3, -0.25) is 4.79 Å². The van der Waals surface area contributed by atoms with Gasteiger partial charge < -0.3 is 9.47 Å². The molecule has 4 nitrogen and oxygen atoms in total. The molecule has 0 amide bonds. The SMILES string of the molecule is C=CC(C/C=C/C(=O)OCC)CC/C=C/COC(C)=O. The highest BCUT2D eigenvalue weighted by molar-refractivity contribution is 5.81. The van der Waals surface area contributed by atoms with Gasteiger partial charge in [-0.15, -0.1) is 6.58 Å². The van der Waals surface area contributed by atoms with E-state index in [4.69, 9.17) is 9.47 Å². The molecule has 0 aliphatic carbocycles. The molecule has 0 aromatic heterocycles. The number of carbonyl (C=O) groups is 2. The van der Waals surface area contributed by atoms with Crippen LogP contribution in [0.3, 0.4) is 0 Å². The summed E-state index contributed by atoms with van der Waals surface area (Å²) < 4.78 is 9.58. The van der Waals surface area contributed by atoms with Gasteiger partial charge in [0.1, 0.15) is 6.61 Å². The predicted molar refractivity (Wildman–Crippen MR) is 79.1 cm³/mol. The Morgan fingerprint density at radius 3 is 2.55 bits per heavy atom. The molecule has 0 rings (SSSR count). The van der Waals surface area contributed by atoms with E-state index in [2.05, 4.69) is 6.58 Å². The molecule has 0 saturated carbocycles. The molecular weight excluding hydrogens is 256 g/mol. The average Bonchev–Trinajstić information content (AvgIpc) is 2.40. The lowest BCUT2D eigenvalue weighted by atomic mass is 9.99. The zero-order valence-corrected chi connectivity index (χ0v) is 12.3. The Morgan fingerprint density at radius 1 is 1.20 bits per heavy atom. The van der Waals surface area contributed by atoms with Crippen LogP contribution < -0.4 is 0 Å². The van der Waals surface area contributed by atoms with Crippen LogP contribution in [0.4, 0.5) is 0 Å². The molecule has 0 saturated heterocycles. The second kappa shape index (κ2) is 12.2. The van der Waals surface area contributed by atoms with Crippen molar-refractivity contribution in [2.24, 2.45) is 5.92 Å². The highest BCUT2D eigenvalue weighted by Gasteiger charge is 2.01. The van der Waals surface area contributed by atoms with Crippen LogP contribution in [0.25, 0.3) is 0 Å². The lowest BCUT2D eigenvalue weighted by molar-refractivity contribution is -0.140. The van der Waals surface area contributed by atoms with Crippen molar-refractivity contribution in [3.63, 3.8) is 0 Å². The Balaban J connectivity index is 3.84. The number of carbonyl (C=O) groups excluding carboxylic acids is 2. The highest BCUT2D eigenvalue weighted by atomic mass is 16.5. The maximum absolute atomic E-state index is 11.1. The molecule has 1 atom stereocenters. The van der Waals surface area contributed by atoms with Crippen molar-refractivity contribution in [1.29, 1.82) is 0 Å². The van der Waals surface area contributed by atoms with Crippen molar-refractivity contribution in [2.75, 3.05) is 13.2 Å². The van der Waals surface area contributed by atoms with E-state index < -0.39 is 0 Å². The van der Waals surface area contributed by atoms with Crippen LogP contribution >= 0.6 is 0 Å². The fourth-order valence-electron chi connectivity index (χ4n) is 1.52. The molecule has 0 N–H and O–H groups in total. The number of rotatable bonds is 10. The van der Waals surface area contributed by atoms with Gasteiger partial charge in [0.2, 0.25) is 0 Å². The number of allylic oxidation sites excluding steroid dienone is 3. The lowest BCUT2D eigenvalue weighted by Gasteiger charge is -2.07. The Morgan fingerprint density at radius 2 is 1.95 bits per heavy atom. The predicted octanol–water partition coefficient (Wildman–Crippen LogP) is 3.20. The van der Waals surface area contributed by atoms with Gasteiger partial charge in [0.15, 0.2) is 0 Å². The molecule has 4 heteroatoms. The molecule has 1 unspecified atom stereocenters. The van der Waals surface area contributed by atoms with E-state index >= 15 is 0 Å². The molecule has 0 aromatic carbocycles. The Kier molecular flexibility index (Phi) is 11.1. The summed E-state index contributed by atoms with van der Waals surface area (Å²) >= 11 is 0. The van der Waals surface area contributed by atoms with Crippen LogP contribution in [0, 0.1) is 5.92 Å². The molecule has 112 valence electrons. The largest absolute Gasteiger partial charge is 0.463 e. The number of esters is 2. The Bertz CT molecular complexity index is 355. The van der Waals surface area contributed by atoms with Gasteiger partial charge in [-0.2, -0.15) is 0 Å². The average molecular weight is 280 g/mol. The van der Waals surface area contributed by atoms with E-state index in [9.17, 15) is 9.59 Å². The van der Waals surface area contributed by atoms with Crippen LogP contribution in [0.5, 0.6) is 0 Å². The molecule has 0 aromatic rings. The quantitative estimate of drug-likeness (QED) is 0.350. The zero-order valence-electron chi connectivity index (χ0n) is 12.3. The second-order valence-corrected chi connectivity index (χ2v) is 4.24. The van der Waals surface area contributed by atoms with E-state index in [1.807, 2.05) is 24.3 Å². The molecule has 0 radical (unpaired) electrons. The van der Waals surface area contributed by atoms with Crippen LogP contribution in [0.2, 0.25) is 0 Å². The van der Waals surface area contributed by atoms with Crippen LogP contribution in [-0.4, -0.2) is 25.2 Å². The van der Waals surface area contributed by atoms with Crippen LogP contribution in [0.1, 0.15) is 33.1 Å². The molecule has 0 spiro atoms. The van der Waals surface area contributed by atoms with E-state index in [1.165, 1.54) is 13.0 Å². The van der Waals surface area contributed by atoms with Gasteiger partial charge >= 0.3 is 11.9 Å². The van der Waals surface area contributed by atoms with Gasteiger partial charge in [-0.05, 0) is 32.1 Å². The van der Waals surface area contributed by atoms with E-state index in [1.54, 1.807) is 6.92 Å². The molecule has 0 heterocycles. The fraction of sp³-hybridized carbons (Fsp3) is 0.500. The highest BCUT2D eigenvalue weighted by Crippen LogP contribution is 2.13. The minimum Gasteiger partial charge on any atom is -0.463 e. The smallest absolute Gasteiger partial charge is 0.330 e. The third-order valence-corrected chi connectivity index (χ3v) is 2.57. The second-order valence-electron chi connectivity index (χ2n) is 4.24.